The topological polar surface area (TPSA) is 119 Å². The molecule has 0 unspecified atom stereocenters. The number of fused-ring (bicyclic) bond motifs is 1. The number of pyridine rings is 2. The normalized spacial score (nSPS) is 12.9. The van der Waals surface area contributed by atoms with Gasteiger partial charge in [-0.2, -0.15) is 0 Å². The number of amides is 1. The van der Waals surface area contributed by atoms with Gasteiger partial charge in [-0.1, -0.05) is 0 Å². The standard InChI is InChI=1S/C20H20N6O4/c1-28-17-7-13-14(8-18(17)29-2)22-6-5-16(13)30-12-3-4-19(23-9-12)25-20(27)15-10-21-11-24-26-15/h3-10,21,24,26H,11H2,1-2H3,(H,23,25,27). The molecule has 0 spiro atoms. The van der Waals surface area contributed by atoms with Gasteiger partial charge in [-0.3, -0.25) is 9.78 Å². The number of nitrogens with one attached hydrogen (secondary N) is 4. The lowest BCUT2D eigenvalue weighted by Gasteiger charge is -2.17. The lowest BCUT2D eigenvalue weighted by atomic mass is 10.2. The molecule has 1 aliphatic rings. The van der Waals surface area contributed by atoms with Crippen LogP contribution in [0.25, 0.3) is 10.9 Å². The van der Waals surface area contributed by atoms with Crippen LogP contribution in [0.3, 0.4) is 0 Å². The fraction of sp³-hybridized carbons (Fsp3) is 0.150. The van der Waals surface area contributed by atoms with Gasteiger partial charge < -0.3 is 30.3 Å². The Morgan fingerprint density at radius 1 is 1.07 bits per heavy atom. The van der Waals surface area contributed by atoms with Crippen molar-refractivity contribution in [2.45, 2.75) is 0 Å². The molecule has 0 aliphatic carbocycles. The molecular weight excluding hydrogens is 388 g/mol. The molecule has 3 aromatic rings. The van der Waals surface area contributed by atoms with Crippen LogP contribution in [0.2, 0.25) is 0 Å². The predicted molar refractivity (Wildman–Crippen MR) is 110 cm³/mol. The van der Waals surface area contributed by atoms with Crippen molar-refractivity contribution in [1.82, 2.24) is 26.1 Å². The molecule has 2 aromatic heterocycles. The van der Waals surface area contributed by atoms with Gasteiger partial charge in [0.05, 0.1) is 32.6 Å². The molecule has 10 heteroatoms. The number of hydrogen-bond donors (Lipinski definition) is 4. The van der Waals surface area contributed by atoms with Crippen molar-refractivity contribution in [2.75, 3.05) is 26.2 Å². The number of aromatic nitrogens is 2. The summed E-state index contributed by atoms with van der Waals surface area (Å²) in [4.78, 5) is 20.8. The molecule has 30 heavy (non-hydrogen) atoms. The van der Waals surface area contributed by atoms with Crippen LogP contribution >= 0.6 is 0 Å². The number of hydrazine groups is 1. The number of benzene rings is 1. The van der Waals surface area contributed by atoms with Crippen LogP contribution in [0, 0.1) is 0 Å². The first kappa shape index (κ1) is 19.3. The van der Waals surface area contributed by atoms with Crippen molar-refractivity contribution in [2.24, 2.45) is 0 Å². The molecule has 154 valence electrons. The molecule has 4 rings (SSSR count). The summed E-state index contributed by atoms with van der Waals surface area (Å²) >= 11 is 0. The smallest absolute Gasteiger partial charge is 0.275 e. The van der Waals surface area contributed by atoms with Crippen LogP contribution in [-0.2, 0) is 4.79 Å². The third kappa shape index (κ3) is 4.03. The third-order valence-corrected chi connectivity index (χ3v) is 4.32. The van der Waals surface area contributed by atoms with Crippen molar-refractivity contribution in [1.29, 1.82) is 0 Å². The highest BCUT2D eigenvalue weighted by Crippen LogP contribution is 2.36. The van der Waals surface area contributed by atoms with Crippen LogP contribution in [0.15, 0.2) is 54.6 Å². The number of nitrogens with zero attached hydrogens (tertiary/aromatic N) is 2. The highest BCUT2D eigenvalue weighted by molar-refractivity contribution is 6.02. The van der Waals surface area contributed by atoms with Gasteiger partial charge in [0.25, 0.3) is 5.91 Å². The van der Waals surface area contributed by atoms with E-state index in [-0.39, 0.29) is 5.91 Å². The zero-order chi connectivity index (χ0) is 20.9. The van der Waals surface area contributed by atoms with E-state index in [1.165, 1.54) is 6.20 Å². The molecule has 1 aliphatic heterocycles. The van der Waals surface area contributed by atoms with Crippen LogP contribution in [0.4, 0.5) is 5.82 Å². The number of carbonyl (C=O) groups excluding carboxylic acids is 1. The molecule has 0 radical (unpaired) electrons. The SMILES string of the molecule is COc1cc2nccc(Oc3ccc(NC(=O)C4=CNCNN4)nc3)c2cc1OC. The summed E-state index contributed by atoms with van der Waals surface area (Å²) in [6, 6.07) is 8.73. The van der Waals surface area contributed by atoms with E-state index in [1.54, 1.807) is 50.9 Å². The van der Waals surface area contributed by atoms with E-state index in [2.05, 4.69) is 31.5 Å². The summed E-state index contributed by atoms with van der Waals surface area (Å²) < 4.78 is 16.7. The summed E-state index contributed by atoms with van der Waals surface area (Å²) in [6.45, 7) is 0.531. The maximum absolute atomic E-state index is 12.2. The maximum Gasteiger partial charge on any atom is 0.275 e. The van der Waals surface area contributed by atoms with Gasteiger partial charge >= 0.3 is 0 Å². The largest absolute Gasteiger partial charge is 0.493 e. The molecule has 4 N–H and O–H groups in total. The van der Waals surface area contributed by atoms with Gasteiger partial charge in [0.1, 0.15) is 23.0 Å². The Balaban J connectivity index is 1.52. The lowest BCUT2D eigenvalue weighted by Crippen LogP contribution is -2.45. The number of methoxy groups -OCH3 is 2. The van der Waals surface area contributed by atoms with Crippen LogP contribution in [0.1, 0.15) is 0 Å². The summed E-state index contributed by atoms with van der Waals surface area (Å²) in [6.07, 6.45) is 4.77. The van der Waals surface area contributed by atoms with E-state index < -0.39 is 0 Å². The molecule has 0 saturated carbocycles. The van der Waals surface area contributed by atoms with E-state index in [0.29, 0.717) is 46.7 Å². The Labute approximate surface area is 172 Å². The Hall–Kier alpha value is -4.05. The Morgan fingerprint density at radius 3 is 2.60 bits per heavy atom. The number of ether oxygens (including phenoxy) is 3. The maximum atomic E-state index is 12.2. The molecule has 0 fully saturated rings. The second-order valence-electron chi connectivity index (χ2n) is 6.21. The van der Waals surface area contributed by atoms with E-state index in [0.717, 1.165) is 5.39 Å². The minimum absolute atomic E-state index is 0.322. The van der Waals surface area contributed by atoms with Crippen LogP contribution in [-0.4, -0.2) is 36.8 Å². The van der Waals surface area contributed by atoms with Crippen molar-refractivity contribution >= 4 is 22.6 Å². The molecule has 3 heterocycles. The Kier molecular flexibility index (Phi) is 5.48. The van der Waals surface area contributed by atoms with Crippen molar-refractivity contribution < 1.29 is 19.0 Å². The average Bonchev–Trinajstić information content (AvgIpc) is 2.80. The average molecular weight is 408 g/mol. The zero-order valence-corrected chi connectivity index (χ0v) is 16.4. The van der Waals surface area contributed by atoms with E-state index in [4.69, 9.17) is 14.2 Å². The molecule has 0 saturated heterocycles. The Morgan fingerprint density at radius 2 is 1.90 bits per heavy atom. The van der Waals surface area contributed by atoms with Gasteiger partial charge in [0.2, 0.25) is 0 Å². The number of anilines is 1. The summed E-state index contributed by atoms with van der Waals surface area (Å²) in [5, 5.41) is 6.38. The van der Waals surface area contributed by atoms with E-state index in [1.807, 2.05) is 6.07 Å². The molecular formula is C20H20N6O4. The predicted octanol–water partition coefficient (Wildman–Crippen LogP) is 1.87. The van der Waals surface area contributed by atoms with Crippen LogP contribution < -0.4 is 35.7 Å². The second-order valence-corrected chi connectivity index (χ2v) is 6.21. The van der Waals surface area contributed by atoms with Crippen molar-refractivity contribution in [3.63, 3.8) is 0 Å². The first-order chi connectivity index (χ1) is 14.7. The number of hydrogen-bond acceptors (Lipinski definition) is 9. The molecule has 0 atom stereocenters. The zero-order valence-electron chi connectivity index (χ0n) is 16.4. The first-order valence-corrected chi connectivity index (χ1v) is 9.06. The van der Waals surface area contributed by atoms with Gasteiger partial charge in [0.15, 0.2) is 11.5 Å². The summed E-state index contributed by atoms with van der Waals surface area (Å²) in [5.41, 5.74) is 6.66. The number of carbonyl (C=O) groups is 1. The minimum atomic E-state index is -0.322. The van der Waals surface area contributed by atoms with Crippen molar-refractivity contribution in [3.8, 4) is 23.0 Å². The molecule has 1 amide bonds. The molecule has 1 aromatic carbocycles. The highest BCUT2D eigenvalue weighted by Gasteiger charge is 2.13. The minimum Gasteiger partial charge on any atom is -0.493 e. The van der Waals surface area contributed by atoms with Gasteiger partial charge in [0, 0.05) is 23.8 Å². The highest BCUT2D eigenvalue weighted by atomic mass is 16.5. The van der Waals surface area contributed by atoms with Crippen molar-refractivity contribution in [3.05, 3.63) is 54.6 Å². The van der Waals surface area contributed by atoms with Gasteiger partial charge in [-0.05, 0) is 24.3 Å². The second kappa shape index (κ2) is 8.53. The fourth-order valence-corrected chi connectivity index (χ4v) is 2.86. The van der Waals surface area contributed by atoms with E-state index >= 15 is 0 Å². The summed E-state index contributed by atoms with van der Waals surface area (Å²) in [7, 11) is 3.15. The van der Waals surface area contributed by atoms with Gasteiger partial charge in [-0.15, -0.1) is 0 Å². The fourth-order valence-electron chi connectivity index (χ4n) is 2.86. The quantitative estimate of drug-likeness (QED) is 0.485. The van der Waals surface area contributed by atoms with Gasteiger partial charge in [-0.25, -0.2) is 10.4 Å². The lowest BCUT2D eigenvalue weighted by molar-refractivity contribution is -0.113. The molecule has 10 nitrogen and oxygen atoms in total. The first-order valence-electron chi connectivity index (χ1n) is 9.06. The van der Waals surface area contributed by atoms with E-state index in [9.17, 15) is 4.79 Å². The van der Waals surface area contributed by atoms with Crippen LogP contribution in [0.5, 0.6) is 23.0 Å². The number of rotatable bonds is 6. The third-order valence-electron chi connectivity index (χ3n) is 4.32. The summed E-state index contributed by atoms with van der Waals surface area (Å²) in [5.74, 6) is 2.34. The monoisotopic (exact) mass is 408 g/mol. The Bertz CT molecular complexity index is 1100. The molecule has 0 bridgehead atoms.